The molecular formula is C24H35N5O10. The van der Waals surface area contributed by atoms with Crippen LogP contribution in [0.25, 0.3) is 0 Å². The highest BCUT2D eigenvalue weighted by atomic mass is 16.4. The molecule has 0 aliphatic rings. The molecule has 15 nitrogen and oxygen atoms in total. The molecule has 0 aliphatic heterocycles. The number of benzene rings is 1. The monoisotopic (exact) mass is 553 g/mol. The van der Waals surface area contributed by atoms with E-state index in [4.69, 9.17) is 15.9 Å². The highest BCUT2D eigenvalue weighted by molar-refractivity contribution is 5.94. The molecule has 5 atom stereocenters. The molecule has 0 heterocycles. The number of carbonyl (C=O) groups is 6. The van der Waals surface area contributed by atoms with Gasteiger partial charge < -0.3 is 47.4 Å². The maximum Gasteiger partial charge on any atom is 0.326 e. The molecule has 0 aliphatic carbocycles. The van der Waals surface area contributed by atoms with E-state index in [0.29, 0.717) is 12.0 Å². The normalized spacial score (nSPS) is 14.6. The molecule has 0 saturated heterocycles. The molecule has 0 bridgehead atoms. The molecule has 1 aromatic rings. The van der Waals surface area contributed by atoms with E-state index in [0.717, 1.165) is 0 Å². The summed E-state index contributed by atoms with van der Waals surface area (Å²) < 4.78 is 0. The van der Waals surface area contributed by atoms with Gasteiger partial charge in [0.2, 0.25) is 23.6 Å². The van der Waals surface area contributed by atoms with Crippen LogP contribution in [0.15, 0.2) is 24.3 Å². The van der Waals surface area contributed by atoms with Crippen LogP contribution in [-0.2, 0) is 35.2 Å². The molecule has 216 valence electrons. The van der Waals surface area contributed by atoms with Crippen LogP contribution in [0.3, 0.4) is 0 Å². The lowest BCUT2D eigenvalue weighted by Gasteiger charge is -2.25. The lowest BCUT2D eigenvalue weighted by atomic mass is 9.97. The Labute approximate surface area is 224 Å². The predicted molar refractivity (Wildman–Crippen MR) is 135 cm³/mol. The molecule has 0 radical (unpaired) electrons. The summed E-state index contributed by atoms with van der Waals surface area (Å²) in [5.41, 5.74) is 6.67. The van der Waals surface area contributed by atoms with E-state index < -0.39 is 79.3 Å². The Balaban J connectivity index is 2.73. The molecule has 4 amide bonds. The number of hydrogen-bond acceptors (Lipinski definition) is 9. The molecule has 10 N–H and O–H groups in total. The summed E-state index contributed by atoms with van der Waals surface area (Å²) in [6.45, 7) is 1.91. The number of carbonyl (C=O) groups excluding carboxylic acids is 4. The van der Waals surface area contributed by atoms with Crippen molar-refractivity contribution < 1.29 is 49.2 Å². The van der Waals surface area contributed by atoms with Gasteiger partial charge >= 0.3 is 11.9 Å². The van der Waals surface area contributed by atoms with E-state index in [-0.39, 0.29) is 18.1 Å². The SMILES string of the molecule is CC[C@H](C)[C@H](NC(=O)[C@@H](N)Cc1ccc(O)cc1)C(=O)NCC(=O)N[C@@H](CO)C(=O)N[C@@H](CC(=O)O)C(=O)O. The summed E-state index contributed by atoms with van der Waals surface area (Å²) in [4.78, 5) is 71.8. The molecule has 0 aromatic heterocycles. The van der Waals surface area contributed by atoms with Gasteiger partial charge in [0, 0.05) is 0 Å². The minimum Gasteiger partial charge on any atom is -0.508 e. The summed E-state index contributed by atoms with van der Waals surface area (Å²) >= 11 is 0. The van der Waals surface area contributed by atoms with Crippen LogP contribution in [0.2, 0.25) is 0 Å². The van der Waals surface area contributed by atoms with Gasteiger partial charge in [0.25, 0.3) is 0 Å². The van der Waals surface area contributed by atoms with Gasteiger partial charge in [-0.05, 0) is 30.0 Å². The number of hydrogen-bond donors (Lipinski definition) is 9. The standard InChI is InChI=1S/C24H35N5O10/c1-3-12(2)20(29-21(35)15(25)8-13-4-6-14(31)7-5-13)23(37)26-10-18(32)27-17(11-30)22(36)28-16(24(38)39)9-19(33)34/h4-7,12,15-17,20,30-31H,3,8-11,25H2,1-2H3,(H,26,37)(H,27,32)(H,28,36)(H,29,35)(H,33,34)(H,38,39)/t12-,15-,16-,17-,20-/m0/s1. The van der Waals surface area contributed by atoms with Gasteiger partial charge in [-0.3, -0.25) is 24.0 Å². The number of phenolic OH excluding ortho intramolecular Hbond substituents is 1. The average Bonchev–Trinajstić information content (AvgIpc) is 2.88. The number of phenols is 1. The van der Waals surface area contributed by atoms with Gasteiger partial charge in [-0.15, -0.1) is 0 Å². The van der Waals surface area contributed by atoms with Crippen molar-refractivity contribution in [1.29, 1.82) is 0 Å². The van der Waals surface area contributed by atoms with Crippen LogP contribution >= 0.6 is 0 Å². The first-order valence-electron chi connectivity index (χ1n) is 12.1. The molecule has 15 heteroatoms. The van der Waals surface area contributed by atoms with Crippen molar-refractivity contribution in [2.45, 2.75) is 57.3 Å². The second kappa shape index (κ2) is 15.9. The fraction of sp³-hybridized carbons (Fsp3) is 0.500. The van der Waals surface area contributed by atoms with Crippen LogP contribution in [0.1, 0.15) is 32.3 Å². The van der Waals surface area contributed by atoms with Crippen LogP contribution < -0.4 is 27.0 Å². The first kappa shape index (κ1) is 32.8. The van der Waals surface area contributed by atoms with Gasteiger partial charge in [0.05, 0.1) is 25.6 Å². The number of nitrogens with two attached hydrogens (primary N) is 1. The fourth-order valence-electron chi connectivity index (χ4n) is 3.30. The van der Waals surface area contributed by atoms with Crippen LogP contribution in [-0.4, -0.2) is 93.3 Å². The second-order valence-electron chi connectivity index (χ2n) is 8.87. The zero-order valence-corrected chi connectivity index (χ0v) is 21.5. The third-order valence-corrected chi connectivity index (χ3v) is 5.77. The van der Waals surface area contributed by atoms with Crippen molar-refractivity contribution in [3.63, 3.8) is 0 Å². The van der Waals surface area contributed by atoms with Gasteiger partial charge in [-0.2, -0.15) is 0 Å². The summed E-state index contributed by atoms with van der Waals surface area (Å²) in [6.07, 6.45) is -0.292. The summed E-state index contributed by atoms with van der Waals surface area (Å²) in [5.74, 6) is -6.78. The lowest BCUT2D eigenvalue weighted by Crippen LogP contribution is -2.57. The Bertz CT molecular complexity index is 1030. The number of carboxylic acid groups (broad SMARTS) is 2. The average molecular weight is 554 g/mol. The van der Waals surface area contributed by atoms with E-state index in [9.17, 15) is 39.0 Å². The Kier molecular flexibility index (Phi) is 13.4. The third kappa shape index (κ3) is 11.4. The van der Waals surface area contributed by atoms with Gasteiger partial charge in [-0.1, -0.05) is 32.4 Å². The molecule has 1 rings (SSSR count). The highest BCUT2D eigenvalue weighted by Gasteiger charge is 2.30. The third-order valence-electron chi connectivity index (χ3n) is 5.77. The van der Waals surface area contributed by atoms with Crippen LogP contribution in [0, 0.1) is 5.92 Å². The molecular weight excluding hydrogens is 518 g/mol. The quantitative estimate of drug-likeness (QED) is 0.103. The van der Waals surface area contributed by atoms with Crippen LogP contribution in [0.5, 0.6) is 5.75 Å². The van der Waals surface area contributed by atoms with E-state index in [2.05, 4.69) is 16.0 Å². The van der Waals surface area contributed by atoms with E-state index in [1.807, 2.05) is 5.32 Å². The number of aliphatic carboxylic acids is 2. The molecule has 0 fully saturated rings. The van der Waals surface area contributed by atoms with Gasteiger partial charge in [0.15, 0.2) is 0 Å². The first-order chi connectivity index (χ1) is 18.3. The van der Waals surface area contributed by atoms with Gasteiger partial charge in [-0.25, -0.2) is 4.79 Å². The number of amides is 4. The number of carboxylic acids is 2. The fourth-order valence-corrected chi connectivity index (χ4v) is 3.30. The first-order valence-corrected chi connectivity index (χ1v) is 12.1. The summed E-state index contributed by atoms with van der Waals surface area (Å²) in [7, 11) is 0. The molecule has 0 unspecified atom stereocenters. The molecule has 0 saturated carbocycles. The van der Waals surface area contributed by atoms with Crippen molar-refractivity contribution >= 4 is 35.6 Å². The number of rotatable bonds is 16. The Morgan fingerprint density at radius 2 is 1.51 bits per heavy atom. The number of aliphatic hydroxyl groups is 1. The molecule has 39 heavy (non-hydrogen) atoms. The maximum absolute atomic E-state index is 12.8. The maximum atomic E-state index is 12.8. The topological polar surface area (TPSA) is 257 Å². The number of aliphatic hydroxyl groups excluding tert-OH is 1. The van der Waals surface area contributed by atoms with Crippen molar-refractivity contribution in [1.82, 2.24) is 21.3 Å². The minimum absolute atomic E-state index is 0.0582. The lowest BCUT2D eigenvalue weighted by molar-refractivity contribution is -0.147. The zero-order chi connectivity index (χ0) is 29.7. The van der Waals surface area contributed by atoms with Crippen molar-refractivity contribution in [2.24, 2.45) is 11.7 Å². The Morgan fingerprint density at radius 1 is 0.897 bits per heavy atom. The summed E-state index contributed by atoms with van der Waals surface area (Å²) in [6, 6.07) is 0.649. The Morgan fingerprint density at radius 3 is 2.03 bits per heavy atom. The summed E-state index contributed by atoms with van der Waals surface area (Å²) in [5, 5.41) is 45.5. The van der Waals surface area contributed by atoms with Gasteiger partial charge in [0.1, 0.15) is 23.9 Å². The molecule has 0 spiro atoms. The minimum atomic E-state index is -1.79. The van der Waals surface area contributed by atoms with E-state index in [1.165, 1.54) is 12.1 Å². The van der Waals surface area contributed by atoms with E-state index >= 15 is 0 Å². The zero-order valence-electron chi connectivity index (χ0n) is 21.5. The highest BCUT2D eigenvalue weighted by Crippen LogP contribution is 2.12. The number of aromatic hydroxyl groups is 1. The number of nitrogens with one attached hydrogen (secondary N) is 4. The largest absolute Gasteiger partial charge is 0.508 e. The van der Waals surface area contributed by atoms with Crippen molar-refractivity contribution in [2.75, 3.05) is 13.2 Å². The Hall–Kier alpha value is -4.24. The second-order valence-corrected chi connectivity index (χ2v) is 8.87. The molecule has 1 aromatic carbocycles. The van der Waals surface area contributed by atoms with Crippen LogP contribution in [0.4, 0.5) is 0 Å². The van der Waals surface area contributed by atoms with Crippen molar-refractivity contribution in [3.8, 4) is 5.75 Å². The smallest absolute Gasteiger partial charge is 0.326 e. The van der Waals surface area contributed by atoms with E-state index in [1.54, 1.807) is 26.0 Å². The van der Waals surface area contributed by atoms with Crippen molar-refractivity contribution in [3.05, 3.63) is 29.8 Å². The predicted octanol–water partition coefficient (Wildman–Crippen LogP) is -2.57.